The zero-order valence-corrected chi connectivity index (χ0v) is 21.1. The van der Waals surface area contributed by atoms with Crippen LogP contribution in [0, 0.1) is 0 Å². The highest BCUT2D eigenvalue weighted by molar-refractivity contribution is 9.09. The lowest BCUT2D eigenvalue weighted by Crippen LogP contribution is -2.40. The van der Waals surface area contributed by atoms with Crippen LogP contribution in [0.1, 0.15) is 39.9 Å². The fourth-order valence-electron chi connectivity index (χ4n) is 3.17. The number of nitrogens with one attached hydrogen (secondary N) is 1. The van der Waals surface area contributed by atoms with Gasteiger partial charge in [-0.15, -0.1) is 0 Å². The molecule has 2 aromatic carbocycles. The van der Waals surface area contributed by atoms with Gasteiger partial charge in [0.1, 0.15) is 0 Å². The molecule has 35 heavy (non-hydrogen) atoms. The van der Waals surface area contributed by atoms with Gasteiger partial charge in [-0.3, -0.25) is 9.59 Å². The smallest absolute Gasteiger partial charge is 0.354 e. The second-order valence-corrected chi connectivity index (χ2v) is 8.98. The Balaban J connectivity index is 2.43. The summed E-state index contributed by atoms with van der Waals surface area (Å²) in [5.41, 5.74) is -3.33. The van der Waals surface area contributed by atoms with Crippen molar-refractivity contribution in [3.63, 3.8) is 0 Å². The fourth-order valence-corrected chi connectivity index (χ4v) is 3.67. The molecule has 0 radical (unpaired) electrons. The fraction of sp³-hybridized carbons (Fsp3) is 0.364. The molecule has 1 N–H and O–H groups in total. The summed E-state index contributed by atoms with van der Waals surface area (Å²) in [5, 5.41) is 3.00. The summed E-state index contributed by atoms with van der Waals surface area (Å²) in [6, 6.07) is 5.43. The number of rotatable bonds is 8. The van der Waals surface area contributed by atoms with E-state index in [9.17, 15) is 35.9 Å². The molecule has 0 fully saturated rings. The Morgan fingerprint density at radius 2 is 1.54 bits per heavy atom. The van der Waals surface area contributed by atoms with E-state index in [1.165, 1.54) is 6.07 Å². The Bertz CT molecular complexity index is 1050. The highest BCUT2D eigenvalue weighted by Crippen LogP contribution is 2.36. The molecule has 1 atom stereocenters. The molecule has 0 heterocycles. The van der Waals surface area contributed by atoms with E-state index in [2.05, 4.69) is 21.2 Å². The van der Waals surface area contributed by atoms with Gasteiger partial charge < -0.3 is 10.2 Å². The molecule has 0 aromatic heterocycles. The molecule has 2 amide bonds. The molecule has 2 rings (SSSR count). The molecule has 0 saturated heterocycles. The van der Waals surface area contributed by atoms with Gasteiger partial charge in [-0.1, -0.05) is 52.1 Å². The van der Waals surface area contributed by atoms with Crippen molar-refractivity contribution in [3.05, 3.63) is 68.7 Å². The van der Waals surface area contributed by atoms with Crippen molar-refractivity contribution in [2.75, 3.05) is 25.0 Å². The molecule has 0 aliphatic carbocycles. The number of alkyl halides is 7. The van der Waals surface area contributed by atoms with Crippen LogP contribution < -0.4 is 5.32 Å². The van der Waals surface area contributed by atoms with E-state index in [-0.39, 0.29) is 41.1 Å². The minimum Gasteiger partial charge on any atom is -0.354 e. The van der Waals surface area contributed by atoms with Crippen molar-refractivity contribution in [2.24, 2.45) is 0 Å². The van der Waals surface area contributed by atoms with E-state index in [4.69, 9.17) is 23.2 Å². The number of carbonyl (C=O) groups excluding carboxylic acids is 2. The number of carbonyl (C=O) groups is 2. The Hall–Kier alpha value is -1.98. The third-order valence-corrected chi connectivity index (χ3v) is 6.20. The molecule has 0 aliphatic heterocycles. The lowest BCUT2D eigenvalue weighted by atomic mass is 9.99. The highest BCUT2D eigenvalue weighted by Gasteiger charge is 2.38. The molecule has 0 bridgehead atoms. The van der Waals surface area contributed by atoms with E-state index < -0.39 is 46.8 Å². The van der Waals surface area contributed by atoms with Gasteiger partial charge in [-0.2, -0.15) is 26.3 Å². The number of hydrogen-bond acceptors (Lipinski definition) is 2. The number of benzene rings is 2. The van der Waals surface area contributed by atoms with Gasteiger partial charge in [-0.05, 0) is 41.8 Å². The first-order valence-corrected chi connectivity index (χ1v) is 11.9. The molecule has 4 nitrogen and oxygen atoms in total. The molecular weight excluding hydrogens is 589 g/mol. The van der Waals surface area contributed by atoms with Crippen LogP contribution in [0.15, 0.2) is 36.4 Å². The Morgan fingerprint density at radius 1 is 0.971 bits per heavy atom. The van der Waals surface area contributed by atoms with Crippen molar-refractivity contribution in [1.29, 1.82) is 0 Å². The first-order valence-electron chi connectivity index (χ1n) is 9.99. The van der Waals surface area contributed by atoms with Gasteiger partial charge >= 0.3 is 12.4 Å². The van der Waals surface area contributed by atoms with Crippen molar-refractivity contribution in [1.82, 2.24) is 10.2 Å². The summed E-state index contributed by atoms with van der Waals surface area (Å²) < 4.78 is 79.6. The van der Waals surface area contributed by atoms with E-state index in [1.807, 2.05) is 0 Å². The van der Waals surface area contributed by atoms with Crippen LogP contribution in [-0.2, 0) is 17.1 Å². The maximum Gasteiger partial charge on any atom is 0.416 e. The average molecular weight is 608 g/mol. The molecular formula is C22H19BrCl2F6N2O2. The first-order chi connectivity index (χ1) is 16.1. The van der Waals surface area contributed by atoms with Gasteiger partial charge in [0.25, 0.3) is 5.91 Å². The van der Waals surface area contributed by atoms with E-state index in [1.54, 1.807) is 19.1 Å². The van der Waals surface area contributed by atoms with Crippen LogP contribution >= 0.6 is 39.1 Å². The van der Waals surface area contributed by atoms with E-state index in [0.717, 1.165) is 4.90 Å². The minimum absolute atomic E-state index is 0.0246. The van der Waals surface area contributed by atoms with Crippen LogP contribution in [-0.4, -0.2) is 41.7 Å². The van der Waals surface area contributed by atoms with Crippen molar-refractivity contribution in [2.45, 2.75) is 25.2 Å². The second-order valence-electron chi connectivity index (χ2n) is 7.60. The third kappa shape index (κ3) is 8.28. The van der Waals surface area contributed by atoms with Gasteiger partial charge in [0.15, 0.2) is 0 Å². The second kappa shape index (κ2) is 11.8. The topological polar surface area (TPSA) is 49.4 Å². The average Bonchev–Trinajstić information content (AvgIpc) is 2.77. The zero-order valence-electron chi connectivity index (χ0n) is 18.0. The van der Waals surface area contributed by atoms with Crippen molar-refractivity contribution < 1.29 is 35.9 Å². The van der Waals surface area contributed by atoms with Crippen LogP contribution in [0.2, 0.25) is 10.0 Å². The van der Waals surface area contributed by atoms with Gasteiger partial charge in [0.05, 0.1) is 26.5 Å². The Kier molecular flexibility index (Phi) is 9.89. The summed E-state index contributed by atoms with van der Waals surface area (Å²) in [6.45, 7) is 1.37. The largest absolute Gasteiger partial charge is 0.416 e. The van der Waals surface area contributed by atoms with Gasteiger partial charge in [0.2, 0.25) is 5.91 Å². The van der Waals surface area contributed by atoms with Crippen molar-refractivity contribution >= 4 is 50.9 Å². The predicted molar refractivity (Wildman–Crippen MR) is 124 cm³/mol. The Labute approximate surface area is 215 Å². The third-order valence-electron chi connectivity index (χ3n) is 4.95. The maximum atomic E-state index is 13.3. The van der Waals surface area contributed by atoms with Crippen LogP contribution in [0.3, 0.4) is 0 Å². The van der Waals surface area contributed by atoms with E-state index >= 15 is 0 Å². The van der Waals surface area contributed by atoms with Crippen LogP contribution in [0.4, 0.5) is 26.3 Å². The number of hydrogen-bond donors (Lipinski definition) is 1. The number of halogens is 9. The van der Waals surface area contributed by atoms with Crippen LogP contribution in [0.25, 0.3) is 0 Å². The quantitative estimate of drug-likeness (QED) is 0.265. The summed E-state index contributed by atoms with van der Waals surface area (Å²) >= 11 is 14.9. The first kappa shape index (κ1) is 29.3. The molecule has 192 valence electrons. The monoisotopic (exact) mass is 606 g/mol. The molecule has 0 aliphatic rings. The highest BCUT2D eigenvalue weighted by atomic mass is 79.9. The Morgan fingerprint density at radius 3 is 2.03 bits per heavy atom. The normalized spacial score (nSPS) is 12.9. The molecule has 1 unspecified atom stereocenters. The summed E-state index contributed by atoms with van der Waals surface area (Å²) in [6.07, 6.45) is -10.2. The zero-order chi connectivity index (χ0) is 26.6. The molecule has 2 aromatic rings. The molecule has 13 heteroatoms. The summed E-state index contributed by atoms with van der Waals surface area (Å²) in [7, 11) is 0. The summed E-state index contributed by atoms with van der Waals surface area (Å²) in [5.74, 6) is -1.89. The van der Waals surface area contributed by atoms with Crippen molar-refractivity contribution in [3.8, 4) is 0 Å². The standard InChI is InChI=1S/C22H19BrCl2F6N2O2/c1-12(13-2-3-17(24)18(25)8-13)11-33(5-4-32-19(34)10-23)20(35)14-6-15(21(26,27)28)9-16(7-14)22(29,30)31/h2-3,6-9,12H,4-5,10-11H2,1H3,(H,32,34). The predicted octanol–water partition coefficient (Wildman–Crippen LogP) is 6.79. The maximum absolute atomic E-state index is 13.3. The summed E-state index contributed by atoms with van der Waals surface area (Å²) in [4.78, 5) is 25.8. The number of nitrogens with zero attached hydrogens (tertiary/aromatic N) is 1. The number of amides is 2. The lowest BCUT2D eigenvalue weighted by molar-refractivity contribution is -0.143. The van der Waals surface area contributed by atoms with Gasteiger partial charge in [0, 0.05) is 25.2 Å². The minimum atomic E-state index is -5.10. The lowest BCUT2D eigenvalue weighted by Gasteiger charge is -2.27. The molecule has 0 saturated carbocycles. The SMILES string of the molecule is CC(CN(CCNC(=O)CBr)C(=O)c1cc(C(F)(F)F)cc(C(F)(F)F)c1)c1ccc(Cl)c(Cl)c1. The van der Waals surface area contributed by atoms with Gasteiger partial charge in [-0.25, -0.2) is 0 Å². The van der Waals surface area contributed by atoms with Crippen LogP contribution in [0.5, 0.6) is 0 Å². The van der Waals surface area contributed by atoms with E-state index in [0.29, 0.717) is 17.7 Å². The molecule has 0 spiro atoms.